The molecule has 3 heteroatoms. The first-order valence-electron chi connectivity index (χ1n) is 6.37. The van der Waals surface area contributed by atoms with Crippen molar-refractivity contribution in [2.75, 3.05) is 0 Å². The second kappa shape index (κ2) is 3.32. The Labute approximate surface area is 122 Å². The fourth-order valence-corrected chi connectivity index (χ4v) is 5.13. The van der Waals surface area contributed by atoms with Crippen LogP contribution in [0.15, 0.2) is 9.47 Å². The van der Waals surface area contributed by atoms with Crippen molar-refractivity contribution in [1.82, 2.24) is 0 Å². The van der Waals surface area contributed by atoms with Gasteiger partial charge in [-0.3, -0.25) is 0 Å². The predicted octanol–water partition coefficient (Wildman–Crippen LogP) is 5.06. The number of rotatable bonds is 1. The van der Waals surface area contributed by atoms with Crippen LogP contribution >= 0.6 is 31.9 Å². The van der Waals surface area contributed by atoms with E-state index in [0.29, 0.717) is 10.8 Å². The fourth-order valence-electron chi connectivity index (χ4n) is 3.87. The molecule has 3 aliphatic rings. The van der Waals surface area contributed by atoms with E-state index >= 15 is 0 Å². The number of hydrogen-bond donors (Lipinski definition) is 0. The zero-order valence-corrected chi connectivity index (χ0v) is 14.8. The van der Waals surface area contributed by atoms with E-state index in [0.717, 1.165) is 3.39 Å². The molecule has 0 atom stereocenters. The molecular weight excluding hydrogens is 356 g/mol. The zero-order chi connectivity index (χ0) is 12.5. The second-order valence-electron chi connectivity index (χ2n) is 6.91. The van der Waals surface area contributed by atoms with Gasteiger partial charge in [0.2, 0.25) is 0 Å². The Morgan fingerprint density at radius 2 is 1.53 bits per heavy atom. The Morgan fingerprint density at radius 1 is 1.06 bits per heavy atom. The third kappa shape index (κ3) is 1.53. The smallest absolute Gasteiger partial charge is 0.129 e. The summed E-state index contributed by atoms with van der Waals surface area (Å²) < 4.78 is 1.09. The Hall–Kier alpha value is 0.477. The highest BCUT2D eigenvalue weighted by atomic mass is 79.9. The average Bonchev–Trinajstić information content (AvgIpc) is 2.99. The lowest BCUT2D eigenvalue weighted by molar-refractivity contribution is 0.716. The highest BCUT2D eigenvalue weighted by Crippen LogP contribution is 2.99. The third-order valence-corrected chi connectivity index (χ3v) is 6.16. The molecule has 17 heavy (non-hydrogen) atoms. The van der Waals surface area contributed by atoms with Gasteiger partial charge in [-0.2, -0.15) is 0 Å². The Kier molecular flexibility index (Phi) is 2.44. The summed E-state index contributed by atoms with van der Waals surface area (Å²) in [6.07, 6.45) is 7.96. The molecule has 2 spiro atoms. The van der Waals surface area contributed by atoms with Crippen molar-refractivity contribution in [3.8, 4) is 11.5 Å². The first-order chi connectivity index (χ1) is 7.79. The van der Waals surface area contributed by atoms with Crippen molar-refractivity contribution < 1.29 is 0 Å². The highest BCUT2D eigenvalue weighted by molar-refractivity contribution is 9.28. The average molecular weight is 374 g/mol. The van der Waals surface area contributed by atoms with Crippen LogP contribution < -0.4 is 0 Å². The molecule has 3 rings (SSSR count). The molecule has 92 valence electrons. The molecule has 0 nitrogen and oxygen atoms in total. The van der Waals surface area contributed by atoms with Gasteiger partial charge in [-0.25, -0.2) is 0 Å². The van der Waals surface area contributed by atoms with Gasteiger partial charge in [0.15, 0.2) is 0 Å². The minimum atomic E-state index is -1.27. The lowest BCUT2D eigenvalue weighted by Crippen LogP contribution is -2.17. The molecule has 0 bridgehead atoms. The van der Waals surface area contributed by atoms with Gasteiger partial charge >= 0.3 is 0 Å². The summed E-state index contributed by atoms with van der Waals surface area (Å²) in [4.78, 5) is 0. The Morgan fingerprint density at radius 3 is 1.82 bits per heavy atom. The van der Waals surface area contributed by atoms with Crippen molar-refractivity contribution in [3.63, 3.8) is 0 Å². The number of hydrogen-bond acceptors (Lipinski definition) is 0. The quantitative estimate of drug-likeness (QED) is 0.445. The van der Waals surface area contributed by atoms with E-state index in [1.165, 1.54) is 25.7 Å². The van der Waals surface area contributed by atoms with Gasteiger partial charge in [-0.15, -0.1) is 5.54 Å². The summed E-state index contributed by atoms with van der Waals surface area (Å²) in [5.74, 6) is 3.72. The SMILES string of the molecule is C[Si](C)(C)C#CC1(C=C(Br)Br)C2(CC2)C12CC2. The van der Waals surface area contributed by atoms with Gasteiger partial charge < -0.3 is 0 Å². The summed E-state index contributed by atoms with van der Waals surface area (Å²) in [6.45, 7) is 7.01. The number of fused-ring (bicyclic) bond motifs is 1. The largest absolute Gasteiger partial charge is 0.131 e. The summed E-state index contributed by atoms with van der Waals surface area (Å²) in [5.41, 5.74) is 5.00. The lowest BCUT2D eigenvalue weighted by Gasteiger charge is -2.08. The molecule has 0 saturated heterocycles. The van der Waals surface area contributed by atoms with Crippen LogP contribution in [0.1, 0.15) is 25.7 Å². The topological polar surface area (TPSA) is 0 Å². The molecule has 3 saturated carbocycles. The van der Waals surface area contributed by atoms with E-state index in [1.807, 2.05) is 0 Å². The van der Waals surface area contributed by atoms with Crippen LogP contribution in [-0.4, -0.2) is 8.07 Å². The molecule has 0 aromatic rings. The minimum absolute atomic E-state index is 0.211. The van der Waals surface area contributed by atoms with Crippen molar-refractivity contribution in [1.29, 1.82) is 0 Å². The van der Waals surface area contributed by atoms with Crippen molar-refractivity contribution >= 4 is 39.9 Å². The Bertz CT molecular complexity index is 443. The van der Waals surface area contributed by atoms with Crippen LogP contribution in [0.4, 0.5) is 0 Å². The molecule has 3 fully saturated rings. The number of halogens is 2. The first-order valence-corrected chi connectivity index (χ1v) is 11.5. The zero-order valence-electron chi connectivity index (χ0n) is 10.7. The molecule has 0 aromatic carbocycles. The van der Waals surface area contributed by atoms with E-state index in [1.54, 1.807) is 0 Å². The predicted molar refractivity (Wildman–Crippen MR) is 82.8 cm³/mol. The maximum atomic E-state index is 3.72. The van der Waals surface area contributed by atoms with E-state index < -0.39 is 8.07 Å². The van der Waals surface area contributed by atoms with Gasteiger partial charge in [0.25, 0.3) is 0 Å². The van der Waals surface area contributed by atoms with Gasteiger partial charge in [0.1, 0.15) is 8.07 Å². The molecule has 0 N–H and O–H groups in total. The minimum Gasteiger partial charge on any atom is -0.131 e. The second-order valence-corrected chi connectivity index (χ2v) is 14.4. The normalized spacial score (nSPS) is 33.9. The van der Waals surface area contributed by atoms with Crippen LogP contribution in [0.25, 0.3) is 0 Å². The van der Waals surface area contributed by atoms with Crippen LogP contribution in [-0.2, 0) is 0 Å². The molecule has 0 heterocycles. The molecule has 0 radical (unpaired) electrons. The number of allylic oxidation sites excluding steroid dienone is 1. The van der Waals surface area contributed by atoms with E-state index in [9.17, 15) is 0 Å². The van der Waals surface area contributed by atoms with Gasteiger partial charge in [-0.1, -0.05) is 25.6 Å². The molecule has 0 amide bonds. The van der Waals surface area contributed by atoms with Crippen molar-refractivity contribution in [2.45, 2.75) is 45.3 Å². The van der Waals surface area contributed by atoms with E-state index in [-0.39, 0.29) is 5.41 Å². The summed E-state index contributed by atoms with van der Waals surface area (Å²) >= 11 is 7.10. The van der Waals surface area contributed by atoms with E-state index in [4.69, 9.17) is 0 Å². The van der Waals surface area contributed by atoms with Gasteiger partial charge in [0.05, 0.1) is 8.81 Å². The van der Waals surface area contributed by atoms with Crippen LogP contribution in [0.5, 0.6) is 0 Å². The maximum Gasteiger partial charge on any atom is 0.129 e. The molecular formula is C14H18Br2Si. The molecule has 0 unspecified atom stereocenters. The van der Waals surface area contributed by atoms with E-state index in [2.05, 4.69) is 69.0 Å². The fraction of sp³-hybridized carbons (Fsp3) is 0.714. The lowest BCUT2D eigenvalue weighted by atomic mass is 10.0. The standard InChI is InChI=1S/C14H18Br2Si/c1-17(2,3)9-8-14(10-11(15)16)12(4-5-12)13(14)6-7-13/h10H,4-7H2,1-3H3. The van der Waals surface area contributed by atoms with Crippen molar-refractivity contribution in [3.05, 3.63) is 9.47 Å². The summed E-state index contributed by atoms with van der Waals surface area (Å²) in [5, 5.41) is 0. The molecule has 0 aromatic heterocycles. The highest BCUT2D eigenvalue weighted by Gasteiger charge is 2.94. The van der Waals surface area contributed by atoms with Gasteiger partial charge in [-0.05, 0) is 74.4 Å². The van der Waals surface area contributed by atoms with Crippen molar-refractivity contribution in [2.24, 2.45) is 16.2 Å². The van der Waals surface area contributed by atoms with Crippen LogP contribution in [0, 0.1) is 27.7 Å². The molecule has 0 aliphatic heterocycles. The molecule has 3 aliphatic carbocycles. The third-order valence-electron chi connectivity index (χ3n) is 4.82. The van der Waals surface area contributed by atoms with Crippen LogP contribution in [0.3, 0.4) is 0 Å². The summed E-state index contributed by atoms with van der Waals surface area (Å²) in [7, 11) is -1.27. The monoisotopic (exact) mass is 372 g/mol. The van der Waals surface area contributed by atoms with Crippen LogP contribution in [0.2, 0.25) is 19.6 Å². The Balaban J connectivity index is 2.01. The van der Waals surface area contributed by atoms with Gasteiger partial charge in [0, 0.05) is 0 Å². The first kappa shape index (κ1) is 12.5. The maximum absolute atomic E-state index is 3.72. The summed E-state index contributed by atoms with van der Waals surface area (Å²) in [6, 6.07) is 0.